The van der Waals surface area contributed by atoms with Crippen molar-refractivity contribution < 1.29 is 9.59 Å². The Bertz CT molecular complexity index is 692. The second-order valence-corrected chi connectivity index (χ2v) is 5.13. The van der Waals surface area contributed by atoms with Crippen molar-refractivity contribution in [2.24, 2.45) is 0 Å². The number of aromatic nitrogens is 2. The highest BCUT2D eigenvalue weighted by molar-refractivity contribution is 6.04. The molecule has 2 amide bonds. The van der Waals surface area contributed by atoms with Crippen LogP contribution >= 0.6 is 0 Å². The molecule has 0 spiro atoms. The molecule has 0 fully saturated rings. The molecule has 3 rings (SSSR count). The van der Waals surface area contributed by atoms with Crippen molar-refractivity contribution in [2.75, 3.05) is 5.32 Å². The molecule has 0 bridgehead atoms. The van der Waals surface area contributed by atoms with E-state index in [0.717, 1.165) is 22.5 Å². The van der Waals surface area contributed by atoms with Gasteiger partial charge in [0.2, 0.25) is 11.8 Å². The highest BCUT2D eigenvalue weighted by Crippen LogP contribution is 2.34. The number of anilines is 1. The molecule has 1 atom stereocenters. The van der Waals surface area contributed by atoms with E-state index >= 15 is 0 Å². The molecule has 6 heteroatoms. The predicted molar refractivity (Wildman–Crippen MR) is 77.6 cm³/mol. The van der Waals surface area contributed by atoms with Crippen LogP contribution in [0.25, 0.3) is 0 Å². The molecule has 0 saturated carbocycles. The van der Waals surface area contributed by atoms with Gasteiger partial charge in [0.1, 0.15) is 0 Å². The van der Waals surface area contributed by atoms with E-state index in [9.17, 15) is 9.59 Å². The van der Waals surface area contributed by atoms with E-state index in [1.165, 1.54) is 0 Å². The van der Waals surface area contributed by atoms with E-state index in [4.69, 9.17) is 0 Å². The third-order valence-electron chi connectivity index (χ3n) is 3.71. The van der Waals surface area contributed by atoms with Gasteiger partial charge in [-0.25, -0.2) is 0 Å². The van der Waals surface area contributed by atoms with Crippen molar-refractivity contribution >= 4 is 17.5 Å². The molecular weight excluding hydrogens is 268 g/mol. The number of carbonyl (C=O) groups excluding carboxylic acids is 2. The van der Waals surface area contributed by atoms with Gasteiger partial charge in [0.15, 0.2) is 0 Å². The molecule has 21 heavy (non-hydrogen) atoms. The fourth-order valence-corrected chi connectivity index (χ4v) is 2.48. The van der Waals surface area contributed by atoms with Gasteiger partial charge in [-0.3, -0.25) is 14.7 Å². The average molecular weight is 284 g/mol. The van der Waals surface area contributed by atoms with Gasteiger partial charge in [-0.2, -0.15) is 5.10 Å². The first-order valence-electron chi connectivity index (χ1n) is 6.80. The molecule has 1 unspecified atom stereocenters. The maximum Gasteiger partial charge on any atom is 0.232 e. The Morgan fingerprint density at radius 3 is 2.95 bits per heavy atom. The Morgan fingerprint density at radius 1 is 1.38 bits per heavy atom. The molecule has 2 heterocycles. The standard InChI is InChI=1S/C15H16N4O2/c1-9-10(8-17-19-9)7-16-14(20)6-12-11-4-2-3-5-13(11)18-15(12)21/h2-5,8,12H,6-7H2,1H3,(H,16,20)(H,17,19)(H,18,21). The van der Waals surface area contributed by atoms with Crippen LogP contribution in [0.1, 0.15) is 29.2 Å². The quantitative estimate of drug-likeness (QED) is 0.794. The summed E-state index contributed by atoms with van der Waals surface area (Å²) in [6.45, 7) is 2.31. The predicted octanol–water partition coefficient (Wildman–Crippen LogP) is 1.46. The Hall–Kier alpha value is -2.63. The maximum atomic E-state index is 12.0. The first kappa shape index (κ1) is 13.4. The van der Waals surface area contributed by atoms with Crippen molar-refractivity contribution in [2.45, 2.75) is 25.8 Å². The molecule has 1 aromatic carbocycles. The third kappa shape index (κ3) is 2.65. The molecule has 3 N–H and O–H groups in total. The zero-order chi connectivity index (χ0) is 14.8. The highest BCUT2D eigenvalue weighted by Gasteiger charge is 2.31. The number of aryl methyl sites for hydroxylation is 1. The van der Waals surface area contributed by atoms with Gasteiger partial charge in [-0.1, -0.05) is 18.2 Å². The van der Waals surface area contributed by atoms with Crippen LogP contribution in [0, 0.1) is 6.92 Å². The lowest BCUT2D eigenvalue weighted by atomic mass is 9.97. The number of fused-ring (bicyclic) bond motifs is 1. The van der Waals surface area contributed by atoms with Gasteiger partial charge in [0.05, 0.1) is 12.1 Å². The zero-order valence-electron chi connectivity index (χ0n) is 11.6. The van der Waals surface area contributed by atoms with Crippen LogP contribution in [0.2, 0.25) is 0 Å². The summed E-state index contributed by atoms with van der Waals surface area (Å²) in [5, 5.41) is 12.3. The molecular formula is C15H16N4O2. The molecule has 1 aliphatic heterocycles. The van der Waals surface area contributed by atoms with Crippen LogP contribution in [0.15, 0.2) is 30.5 Å². The number of amides is 2. The minimum atomic E-state index is -0.411. The monoisotopic (exact) mass is 284 g/mol. The SMILES string of the molecule is Cc1[nH]ncc1CNC(=O)CC1C(=O)Nc2ccccc21. The lowest BCUT2D eigenvalue weighted by Crippen LogP contribution is -2.26. The first-order chi connectivity index (χ1) is 10.1. The zero-order valence-corrected chi connectivity index (χ0v) is 11.6. The van der Waals surface area contributed by atoms with E-state index in [1.807, 2.05) is 31.2 Å². The van der Waals surface area contributed by atoms with Gasteiger partial charge in [-0.15, -0.1) is 0 Å². The number of nitrogens with zero attached hydrogens (tertiary/aromatic N) is 1. The number of rotatable bonds is 4. The van der Waals surface area contributed by atoms with Crippen molar-refractivity contribution in [3.8, 4) is 0 Å². The van der Waals surface area contributed by atoms with Gasteiger partial charge >= 0.3 is 0 Å². The Kier molecular flexibility index (Phi) is 3.43. The number of nitrogens with one attached hydrogen (secondary N) is 3. The maximum absolute atomic E-state index is 12.0. The summed E-state index contributed by atoms with van der Waals surface area (Å²) in [7, 11) is 0. The normalized spacial score (nSPS) is 16.4. The van der Waals surface area contributed by atoms with E-state index in [2.05, 4.69) is 20.8 Å². The Balaban J connectivity index is 1.63. The van der Waals surface area contributed by atoms with E-state index in [1.54, 1.807) is 6.20 Å². The second kappa shape index (κ2) is 5.40. The molecule has 0 saturated heterocycles. The summed E-state index contributed by atoms with van der Waals surface area (Å²) < 4.78 is 0. The van der Waals surface area contributed by atoms with E-state index < -0.39 is 5.92 Å². The Morgan fingerprint density at radius 2 is 2.19 bits per heavy atom. The van der Waals surface area contributed by atoms with Crippen LogP contribution in [0.3, 0.4) is 0 Å². The lowest BCUT2D eigenvalue weighted by molar-refractivity contribution is -0.125. The molecule has 0 radical (unpaired) electrons. The largest absolute Gasteiger partial charge is 0.352 e. The molecule has 1 aliphatic rings. The lowest BCUT2D eigenvalue weighted by Gasteiger charge is -2.09. The van der Waals surface area contributed by atoms with Crippen molar-refractivity contribution in [1.82, 2.24) is 15.5 Å². The fraction of sp³-hybridized carbons (Fsp3) is 0.267. The van der Waals surface area contributed by atoms with Crippen LogP contribution < -0.4 is 10.6 Å². The number of H-pyrrole nitrogens is 1. The molecule has 2 aromatic rings. The van der Waals surface area contributed by atoms with Gasteiger partial charge in [0, 0.05) is 29.9 Å². The number of hydrogen-bond donors (Lipinski definition) is 3. The summed E-state index contributed by atoms with van der Waals surface area (Å²) in [5.41, 5.74) is 3.56. The second-order valence-electron chi connectivity index (χ2n) is 5.13. The summed E-state index contributed by atoms with van der Waals surface area (Å²) in [6.07, 6.45) is 1.84. The number of para-hydroxylation sites is 1. The highest BCUT2D eigenvalue weighted by atomic mass is 16.2. The number of hydrogen-bond acceptors (Lipinski definition) is 3. The minimum Gasteiger partial charge on any atom is -0.352 e. The summed E-state index contributed by atoms with van der Waals surface area (Å²) in [6, 6.07) is 7.47. The minimum absolute atomic E-state index is 0.120. The van der Waals surface area contributed by atoms with Crippen molar-refractivity contribution in [3.05, 3.63) is 47.3 Å². The van der Waals surface area contributed by atoms with E-state index in [0.29, 0.717) is 6.54 Å². The van der Waals surface area contributed by atoms with Crippen LogP contribution in [0.5, 0.6) is 0 Å². The number of benzene rings is 1. The van der Waals surface area contributed by atoms with Crippen LogP contribution in [0.4, 0.5) is 5.69 Å². The summed E-state index contributed by atoms with van der Waals surface area (Å²) in [5.74, 6) is -0.676. The molecule has 1 aromatic heterocycles. The molecule has 0 aliphatic carbocycles. The fourth-order valence-electron chi connectivity index (χ4n) is 2.48. The average Bonchev–Trinajstić information content (AvgIpc) is 3.01. The topological polar surface area (TPSA) is 86.9 Å². The smallest absolute Gasteiger partial charge is 0.232 e. The summed E-state index contributed by atoms with van der Waals surface area (Å²) in [4.78, 5) is 24.0. The van der Waals surface area contributed by atoms with Gasteiger partial charge in [-0.05, 0) is 18.6 Å². The van der Waals surface area contributed by atoms with Crippen molar-refractivity contribution in [3.63, 3.8) is 0 Å². The number of aromatic amines is 1. The van der Waals surface area contributed by atoms with E-state index in [-0.39, 0.29) is 18.2 Å². The first-order valence-corrected chi connectivity index (χ1v) is 6.80. The third-order valence-corrected chi connectivity index (χ3v) is 3.71. The van der Waals surface area contributed by atoms with Gasteiger partial charge < -0.3 is 10.6 Å². The Labute approximate surface area is 121 Å². The van der Waals surface area contributed by atoms with Crippen LogP contribution in [-0.4, -0.2) is 22.0 Å². The van der Waals surface area contributed by atoms with Crippen molar-refractivity contribution in [1.29, 1.82) is 0 Å². The van der Waals surface area contributed by atoms with Crippen LogP contribution in [-0.2, 0) is 16.1 Å². The molecule has 6 nitrogen and oxygen atoms in total. The molecule has 108 valence electrons. The van der Waals surface area contributed by atoms with Gasteiger partial charge in [0.25, 0.3) is 0 Å². The number of carbonyl (C=O) groups is 2. The summed E-state index contributed by atoms with van der Waals surface area (Å²) >= 11 is 0.